The monoisotopic (exact) mass is 556 g/mol. The van der Waals surface area contributed by atoms with E-state index in [9.17, 15) is 14.7 Å². The summed E-state index contributed by atoms with van der Waals surface area (Å²) in [6.45, 7) is 8.59. The van der Waals surface area contributed by atoms with Crippen LogP contribution in [0.3, 0.4) is 0 Å². The number of anilines is 2. The third kappa shape index (κ3) is 4.37. The smallest absolute Gasteiger partial charge is 0.354 e. The predicted molar refractivity (Wildman–Crippen MR) is 149 cm³/mol. The van der Waals surface area contributed by atoms with Crippen LogP contribution in [-0.4, -0.2) is 85.7 Å². The molecule has 0 aliphatic carbocycles. The number of likely N-dealkylation sites (tertiary alicyclic amines) is 1. The average Bonchev–Trinajstić information content (AvgIpc) is 3.80. The molecule has 3 saturated heterocycles. The number of aromatic carboxylic acids is 1. The van der Waals surface area contributed by atoms with E-state index in [4.69, 9.17) is 4.42 Å². The van der Waals surface area contributed by atoms with Crippen molar-refractivity contribution in [1.29, 1.82) is 0 Å². The molecule has 12 nitrogen and oxygen atoms in total. The number of rotatable bonds is 5. The molecule has 212 valence electrons. The number of amides is 1. The van der Waals surface area contributed by atoms with Crippen molar-refractivity contribution in [3.05, 3.63) is 65.9 Å². The summed E-state index contributed by atoms with van der Waals surface area (Å²) in [5, 5.41) is 13.9. The summed E-state index contributed by atoms with van der Waals surface area (Å²) < 4.78 is 7.34. The Morgan fingerprint density at radius 3 is 2.66 bits per heavy atom. The van der Waals surface area contributed by atoms with Gasteiger partial charge in [0.25, 0.3) is 5.91 Å². The van der Waals surface area contributed by atoms with Crippen LogP contribution in [0.5, 0.6) is 0 Å². The molecule has 1 N–H and O–H groups in total. The molecule has 7 heterocycles. The minimum atomic E-state index is -1.04. The van der Waals surface area contributed by atoms with Crippen LogP contribution >= 0.6 is 0 Å². The molecular formula is C29H32N8O4. The SMILES string of the molecule is Cc1cc(N2CC[C@](C)(c3ncco3)C2)cn2nc(C(=O)N3CC[C@@]4(CCN(c5cccc(C(=O)O)n5)C4)C3)nc12. The number of carbonyl (C=O) groups excluding carboxylic acids is 1. The first kappa shape index (κ1) is 25.5. The van der Waals surface area contributed by atoms with Gasteiger partial charge < -0.3 is 24.2 Å². The van der Waals surface area contributed by atoms with E-state index in [-0.39, 0.29) is 28.3 Å². The van der Waals surface area contributed by atoms with Gasteiger partial charge in [0, 0.05) is 44.7 Å². The molecule has 0 saturated carbocycles. The third-order valence-corrected chi connectivity index (χ3v) is 9.02. The molecule has 0 aromatic carbocycles. The molecule has 1 amide bonds. The van der Waals surface area contributed by atoms with Gasteiger partial charge in [0.15, 0.2) is 11.3 Å². The summed E-state index contributed by atoms with van der Waals surface area (Å²) in [7, 11) is 0. The van der Waals surface area contributed by atoms with Crippen LogP contribution in [0.4, 0.5) is 11.5 Å². The molecule has 7 rings (SSSR count). The zero-order chi connectivity index (χ0) is 28.4. The van der Waals surface area contributed by atoms with E-state index in [2.05, 4.69) is 42.8 Å². The molecule has 3 fully saturated rings. The number of carboxylic acid groups (broad SMARTS) is 1. The molecule has 3 aliphatic rings. The van der Waals surface area contributed by atoms with Crippen LogP contribution in [-0.2, 0) is 5.41 Å². The van der Waals surface area contributed by atoms with Gasteiger partial charge in [-0.3, -0.25) is 4.79 Å². The van der Waals surface area contributed by atoms with Crippen LogP contribution in [0.25, 0.3) is 5.65 Å². The van der Waals surface area contributed by atoms with Gasteiger partial charge in [-0.25, -0.2) is 24.3 Å². The Hall–Kier alpha value is -4.48. The molecule has 0 unspecified atom stereocenters. The van der Waals surface area contributed by atoms with E-state index in [0.29, 0.717) is 24.6 Å². The standard InChI is InChI=1S/C29H32N8O4/c1-19-14-20(34-10-6-28(2,16-34)27-30-9-13-41-27)15-37-24(19)32-23(33-37)25(38)36-12-8-29(18-36)7-11-35(17-29)22-5-3-4-21(31-22)26(39)40/h3-5,9,13-15H,6-8,10-12,16-18H2,1-2H3,(H,39,40)/t28-,29+/m0/s1. The predicted octanol–water partition coefficient (Wildman–Crippen LogP) is 3.03. The molecule has 4 aromatic heterocycles. The highest BCUT2D eigenvalue weighted by Crippen LogP contribution is 2.41. The van der Waals surface area contributed by atoms with Gasteiger partial charge in [-0.05, 0) is 56.9 Å². The number of pyridine rings is 2. The Balaban J connectivity index is 1.06. The van der Waals surface area contributed by atoms with Gasteiger partial charge in [0.2, 0.25) is 11.7 Å². The number of nitrogens with zero attached hydrogens (tertiary/aromatic N) is 8. The van der Waals surface area contributed by atoms with E-state index in [0.717, 1.165) is 62.6 Å². The van der Waals surface area contributed by atoms with Crippen molar-refractivity contribution in [1.82, 2.24) is 29.5 Å². The fourth-order valence-corrected chi connectivity index (χ4v) is 6.70. The van der Waals surface area contributed by atoms with E-state index in [1.807, 2.05) is 24.1 Å². The van der Waals surface area contributed by atoms with Crippen LogP contribution in [0.15, 0.2) is 47.3 Å². The maximum absolute atomic E-state index is 13.6. The van der Waals surface area contributed by atoms with Crippen molar-refractivity contribution in [3.63, 3.8) is 0 Å². The topological polar surface area (TPSA) is 133 Å². The number of aryl methyl sites for hydroxylation is 1. The zero-order valence-electron chi connectivity index (χ0n) is 23.2. The van der Waals surface area contributed by atoms with Crippen molar-refractivity contribution in [2.24, 2.45) is 5.41 Å². The summed E-state index contributed by atoms with van der Waals surface area (Å²) in [5.41, 5.74) is 2.49. The summed E-state index contributed by atoms with van der Waals surface area (Å²) in [5.74, 6) is 0.433. The number of fused-ring (bicyclic) bond motifs is 1. The quantitative estimate of drug-likeness (QED) is 0.391. The second kappa shape index (κ2) is 9.28. The Bertz CT molecular complexity index is 1650. The summed E-state index contributed by atoms with van der Waals surface area (Å²) >= 11 is 0. The normalized spacial score (nSPS) is 24.3. The minimum Gasteiger partial charge on any atom is -0.477 e. The Morgan fingerprint density at radius 1 is 1.02 bits per heavy atom. The maximum Gasteiger partial charge on any atom is 0.354 e. The Labute approximate surface area is 236 Å². The van der Waals surface area contributed by atoms with Crippen molar-refractivity contribution in [2.45, 2.75) is 38.5 Å². The lowest BCUT2D eigenvalue weighted by molar-refractivity contribution is 0.0689. The lowest BCUT2D eigenvalue weighted by Gasteiger charge is -2.24. The van der Waals surface area contributed by atoms with Crippen molar-refractivity contribution in [2.75, 3.05) is 49.1 Å². The fraction of sp³-hybridized carbons (Fsp3) is 0.448. The molecule has 41 heavy (non-hydrogen) atoms. The van der Waals surface area contributed by atoms with Crippen LogP contribution in [0.2, 0.25) is 0 Å². The fourth-order valence-electron chi connectivity index (χ4n) is 6.70. The van der Waals surface area contributed by atoms with Crippen molar-refractivity contribution < 1.29 is 19.1 Å². The Morgan fingerprint density at radius 2 is 1.85 bits per heavy atom. The number of hydrogen-bond donors (Lipinski definition) is 1. The van der Waals surface area contributed by atoms with Crippen LogP contribution in [0.1, 0.15) is 58.7 Å². The average molecular weight is 557 g/mol. The molecule has 0 radical (unpaired) electrons. The van der Waals surface area contributed by atoms with Gasteiger partial charge in [0.05, 0.1) is 23.5 Å². The molecule has 4 aromatic rings. The highest BCUT2D eigenvalue weighted by atomic mass is 16.4. The van der Waals surface area contributed by atoms with Crippen molar-refractivity contribution >= 4 is 29.0 Å². The number of carboxylic acids is 1. The van der Waals surface area contributed by atoms with Crippen LogP contribution in [0, 0.1) is 12.3 Å². The highest BCUT2D eigenvalue weighted by Gasteiger charge is 2.46. The summed E-state index contributed by atoms with van der Waals surface area (Å²) in [6.07, 6.45) is 7.99. The summed E-state index contributed by atoms with van der Waals surface area (Å²) in [4.78, 5) is 44.6. The van der Waals surface area contributed by atoms with Crippen LogP contribution < -0.4 is 9.80 Å². The van der Waals surface area contributed by atoms with Gasteiger partial charge in [-0.2, -0.15) is 0 Å². The largest absolute Gasteiger partial charge is 0.477 e. The molecule has 12 heteroatoms. The first-order valence-corrected chi connectivity index (χ1v) is 14.0. The molecule has 0 bridgehead atoms. The lowest BCUT2D eigenvalue weighted by Crippen LogP contribution is -2.34. The number of oxazole rings is 1. The van der Waals surface area contributed by atoms with E-state index >= 15 is 0 Å². The number of hydrogen-bond acceptors (Lipinski definition) is 9. The van der Waals surface area contributed by atoms with Gasteiger partial charge in [-0.1, -0.05) is 6.07 Å². The van der Waals surface area contributed by atoms with Gasteiger partial charge in [0.1, 0.15) is 12.1 Å². The first-order chi connectivity index (χ1) is 19.7. The van der Waals surface area contributed by atoms with E-state index < -0.39 is 5.97 Å². The zero-order valence-corrected chi connectivity index (χ0v) is 23.2. The van der Waals surface area contributed by atoms with E-state index in [1.54, 1.807) is 23.0 Å². The second-order valence-corrected chi connectivity index (χ2v) is 12.0. The van der Waals surface area contributed by atoms with E-state index in [1.165, 1.54) is 6.07 Å². The number of carbonyl (C=O) groups is 2. The first-order valence-electron chi connectivity index (χ1n) is 14.0. The molecular weight excluding hydrogens is 524 g/mol. The van der Waals surface area contributed by atoms with Gasteiger partial charge in [-0.15, -0.1) is 5.10 Å². The highest BCUT2D eigenvalue weighted by molar-refractivity contribution is 5.91. The summed E-state index contributed by atoms with van der Waals surface area (Å²) in [6, 6.07) is 7.17. The van der Waals surface area contributed by atoms with Gasteiger partial charge >= 0.3 is 5.97 Å². The lowest BCUT2D eigenvalue weighted by atomic mass is 9.86. The minimum absolute atomic E-state index is 0.0383. The molecule has 3 aliphatic heterocycles. The van der Waals surface area contributed by atoms with Crippen molar-refractivity contribution in [3.8, 4) is 0 Å². The third-order valence-electron chi connectivity index (χ3n) is 9.02. The molecule has 2 atom stereocenters. The Kier molecular flexibility index (Phi) is 5.77. The number of aromatic nitrogens is 5. The second-order valence-electron chi connectivity index (χ2n) is 12.0. The maximum atomic E-state index is 13.6. The molecule has 1 spiro atoms.